The molecule has 1 unspecified atom stereocenters. The Morgan fingerprint density at radius 2 is 2.10 bits per heavy atom. The highest BCUT2D eigenvalue weighted by molar-refractivity contribution is 5.94. The van der Waals surface area contributed by atoms with E-state index in [9.17, 15) is 9.59 Å². The number of fused-ring (bicyclic) bond motifs is 1. The van der Waals surface area contributed by atoms with Gasteiger partial charge >= 0.3 is 0 Å². The number of likely N-dealkylation sites (tertiary alicyclic amines) is 1. The van der Waals surface area contributed by atoms with Gasteiger partial charge in [-0.2, -0.15) is 0 Å². The van der Waals surface area contributed by atoms with Gasteiger partial charge < -0.3 is 15.0 Å². The van der Waals surface area contributed by atoms with Gasteiger partial charge in [0.15, 0.2) is 5.65 Å². The van der Waals surface area contributed by atoms with Crippen LogP contribution in [-0.2, 0) is 11.3 Å². The number of carbonyl (C=O) groups excluding carboxylic acids is 2. The van der Waals surface area contributed by atoms with Crippen molar-refractivity contribution < 1.29 is 14.3 Å². The van der Waals surface area contributed by atoms with E-state index in [0.29, 0.717) is 24.3 Å². The van der Waals surface area contributed by atoms with Crippen LogP contribution in [0.5, 0.6) is 5.75 Å². The fraction of sp³-hybridized carbons (Fsp3) is 0.333. The monoisotopic (exact) mass is 393 g/mol. The van der Waals surface area contributed by atoms with E-state index in [-0.39, 0.29) is 17.7 Å². The Balaban J connectivity index is 1.50. The molecular weight excluding hydrogens is 370 g/mol. The predicted molar refractivity (Wildman–Crippen MR) is 107 cm³/mol. The summed E-state index contributed by atoms with van der Waals surface area (Å²) in [7, 11) is 1.61. The molecule has 1 saturated heterocycles. The van der Waals surface area contributed by atoms with Crippen molar-refractivity contribution in [3.05, 3.63) is 59.5 Å². The molecule has 0 radical (unpaired) electrons. The third-order valence-electron chi connectivity index (χ3n) is 5.28. The molecule has 0 aliphatic carbocycles. The van der Waals surface area contributed by atoms with Crippen LogP contribution in [0.2, 0.25) is 0 Å². The first-order chi connectivity index (χ1) is 14.0. The molecular formula is C21H23N5O3. The average Bonchev–Trinajstić information content (AvgIpc) is 3.38. The van der Waals surface area contributed by atoms with Crippen molar-refractivity contribution in [3.8, 4) is 5.75 Å². The van der Waals surface area contributed by atoms with E-state index >= 15 is 0 Å². The predicted octanol–water partition coefficient (Wildman–Crippen LogP) is 2.00. The van der Waals surface area contributed by atoms with Crippen molar-refractivity contribution in [1.29, 1.82) is 0 Å². The Morgan fingerprint density at radius 3 is 2.86 bits per heavy atom. The van der Waals surface area contributed by atoms with E-state index in [1.54, 1.807) is 32.4 Å². The number of hydrogen-bond acceptors (Lipinski definition) is 5. The minimum absolute atomic E-state index is 0.0685. The Hall–Kier alpha value is -3.42. The van der Waals surface area contributed by atoms with Crippen molar-refractivity contribution in [1.82, 2.24) is 24.8 Å². The van der Waals surface area contributed by atoms with E-state index < -0.39 is 0 Å². The van der Waals surface area contributed by atoms with Gasteiger partial charge in [-0.25, -0.2) is 0 Å². The maximum Gasteiger partial charge on any atom is 0.253 e. The van der Waals surface area contributed by atoms with Crippen LogP contribution in [0.1, 0.15) is 41.0 Å². The molecule has 1 N–H and O–H groups in total. The van der Waals surface area contributed by atoms with Gasteiger partial charge in [0.05, 0.1) is 12.7 Å². The highest BCUT2D eigenvalue weighted by Gasteiger charge is 2.29. The van der Waals surface area contributed by atoms with E-state index in [1.165, 1.54) is 0 Å². The SMILES string of the molecule is COc1cccc(CNC(=O)c2ccc3nnc(C4CCN(C(C)=O)C4)n3c2)c1. The van der Waals surface area contributed by atoms with Crippen molar-refractivity contribution in [2.24, 2.45) is 0 Å². The van der Waals surface area contributed by atoms with Crippen molar-refractivity contribution in [2.45, 2.75) is 25.8 Å². The summed E-state index contributed by atoms with van der Waals surface area (Å²) in [4.78, 5) is 26.1. The number of aromatic nitrogens is 3. The highest BCUT2D eigenvalue weighted by Crippen LogP contribution is 2.26. The minimum atomic E-state index is -0.175. The largest absolute Gasteiger partial charge is 0.497 e. The summed E-state index contributed by atoms with van der Waals surface area (Å²) in [6.45, 7) is 3.33. The van der Waals surface area contributed by atoms with Crippen LogP contribution >= 0.6 is 0 Å². The number of methoxy groups -OCH3 is 1. The van der Waals surface area contributed by atoms with Crippen molar-refractivity contribution >= 4 is 17.5 Å². The number of carbonyl (C=O) groups is 2. The standard InChI is InChI=1S/C21H23N5O3/c1-14(27)25-9-8-16(12-25)20-24-23-19-7-6-17(13-26(19)20)21(28)22-11-15-4-3-5-18(10-15)29-2/h3-7,10,13,16H,8-9,11-12H2,1-2H3,(H,22,28). The average molecular weight is 393 g/mol. The van der Waals surface area contributed by atoms with Gasteiger partial charge in [-0.05, 0) is 36.2 Å². The first-order valence-corrected chi connectivity index (χ1v) is 9.56. The Morgan fingerprint density at radius 1 is 1.24 bits per heavy atom. The number of rotatable bonds is 5. The Bertz CT molecular complexity index is 1060. The zero-order chi connectivity index (χ0) is 20.4. The lowest BCUT2D eigenvalue weighted by Gasteiger charge is -2.13. The van der Waals surface area contributed by atoms with E-state index in [4.69, 9.17) is 4.74 Å². The minimum Gasteiger partial charge on any atom is -0.497 e. The third kappa shape index (κ3) is 3.91. The summed E-state index contributed by atoms with van der Waals surface area (Å²) < 4.78 is 7.07. The van der Waals surface area contributed by atoms with Crippen LogP contribution in [0.4, 0.5) is 0 Å². The van der Waals surface area contributed by atoms with E-state index in [1.807, 2.05) is 33.6 Å². The molecule has 1 fully saturated rings. The van der Waals surface area contributed by atoms with Gasteiger partial charge in [0, 0.05) is 38.7 Å². The summed E-state index contributed by atoms with van der Waals surface area (Å²) in [5.41, 5.74) is 2.17. The second-order valence-electron chi connectivity index (χ2n) is 7.19. The number of nitrogens with zero attached hydrogens (tertiary/aromatic N) is 4. The molecule has 8 nitrogen and oxygen atoms in total. The zero-order valence-corrected chi connectivity index (χ0v) is 16.5. The second kappa shape index (κ2) is 7.90. The Kier molecular flexibility index (Phi) is 5.16. The lowest BCUT2D eigenvalue weighted by molar-refractivity contribution is -0.127. The summed E-state index contributed by atoms with van der Waals surface area (Å²) in [5, 5.41) is 11.5. The molecule has 8 heteroatoms. The lowest BCUT2D eigenvalue weighted by atomic mass is 10.1. The Labute approximate surface area is 168 Å². The van der Waals surface area contributed by atoms with Gasteiger partial charge in [-0.15, -0.1) is 10.2 Å². The topological polar surface area (TPSA) is 88.8 Å². The number of pyridine rings is 1. The molecule has 3 heterocycles. The molecule has 1 atom stereocenters. The first-order valence-electron chi connectivity index (χ1n) is 9.56. The van der Waals surface area contributed by atoms with Crippen LogP contribution in [0.25, 0.3) is 5.65 Å². The van der Waals surface area contributed by atoms with E-state index in [0.717, 1.165) is 30.1 Å². The van der Waals surface area contributed by atoms with Crippen LogP contribution < -0.4 is 10.1 Å². The summed E-state index contributed by atoms with van der Waals surface area (Å²) in [5.74, 6) is 1.55. The fourth-order valence-electron chi connectivity index (χ4n) is 3.65. The normalized spacial score (nSPS) is 16.2. The van der Waals surface area contributed by atoms with Crippen LogP contribution in [0, 0.1) is 0 Å². The van der Waals surface area contributed by atoms with Gasteiger partial charge in [0.2, 0.25) is 5.91 Å². The molecule has 4 rings (SSSR count). The van der Waals surface area contributed by atoms with E-state index in [2.05, 4.69) is 15.5 Å². The maximum absolute atomic E-state index is 12.7. The number of hydrogen-bond donors (Lipinski definition) is 1. The number of benzene rings is 1. The molecule has 0 saturated carbocycles. The summed E-state index contributed by atoms with van der Waals surface area (Å²) >= 11 is 0. The van der Waals surface area contributed by atoms with Crippen LogP contribution in [-0.4, -0.2) is 51.5 Å². The molecule has 29 heavy (non-hydrogen) atoms. The summed E-state index contributed by atoms with van der Waals surface area (Å²) in [6.07, 6.45) is 2.61. The molecule has 3 aromatic rings. The summed E-state index contributed by atoms with van der Waals surface area (Å²) in [6, 6.07) is 11.1. The smallest absolute Gasteiger partial charge is 0.253 e. The van der Waals surface area contributed by atoms with Crippen molar-refractivity contribution in [3.63, 3.8) is 0 Å². The number of nitrogens with one attached hydrogen (secondary N) is 1. The lowest BCUT2D eigenvalue weighted by Crippen LogP contribution is -2.25. The second-order valence-corrected chi connectivity index (χ2v) is 7.19. The molecule has 0 spiro atoms. The molecule has 1 aromatic carbocycles. The molecule has 1 aliphatic heterocycles. The fourth-order valence-corrected chi connectivity index (χ4v) is 3.65. The molecule has 0 bridgehead atoms. The van der Waals surface area contributed by atoms with Gasteiger partial charge in [-0.1, -0.05) is 12.1 Å². The molecule has 1 aliphatic rings. The molecule has 150 valence electrons. The highest BCUT2D eigenvalue weighted by atomic mass is 16.5. The molecule has 2 aromatic heterocycles. The van der Waals surface area contributed by atoms with Gasteiger partial charge in [0.1, 0.15) is 11.6 Å². The number of amides is 2. The quantitative estimate of drug-likeness (QED) is 0.716. The number of ether oxygens (including phenoxy) is 1. The molecule has 2 amide bonds. The van der Waals surface area contributed by atoms with Crippen molar-refractivity contribution in [2.75, 3.05) is 20.2 Å². The maximum atomic E-state index is 12.7. The van der Waals surface area contributed by atoms with Gasteiger partial charge in [-0.3, -0.25) is 14.0 Å². The van der Waals surface area contributed by atoms with Crippen LogP contribution in [0.3, 0.4) is 0 Å². The van der Waals surface area contributed by atoms with Gasteiger partial charge in [0.25, 0.3) is 5.91 Å². The third-order valence-corrected chi connectivity index (χ3v) is 5.28. The van der Waals surface area contributed by atoms with Crippen LogP contribution in [0.15, 0.2) is 42.6 Å². The zero-order valence-electron chi connectivity index (χ0n) is 16.5. The first kappa shape index (κ1) is 18.9.